The molecule has 1 aromatic carbocycles. The Bertz CT molecular complexity index is 646. The van der Waals surface area contributed by atoms with Gasteiger partial charge in [0.2, 0.25) is 5.91 Å². The number of nitrogens with one attached hydrogen (secondary N) is 1. The Balaban J connectivity index is 2.23. The van der Waals surface area contributed by atoms with E-state index in [1.807, 2.05) is 25.1 Å². The monoisotopic (exact) mass is 318 g/mol. The van der Waals surface area contributed by atoms with Crippen molar-refractivity contribution in [2.24, 2.45) is 0 Å². The molecule has 0 fully saturated rings. The molecule has 0 radical (unpaired) electrons. The quantitative estimate of drug-likeness (QED) is 0.852. The van der Waals surface area contributed by atoms with Gasteiger partial charge in [0.1, 0.15) is 0 Å². The number of halogens is 1. The maximum absolute atomic E-state index is 12.6. The van der Waals surface area contributed by atoms with Gasteiger partial charge in [-0.3, -0.25) is 9.78 Å². The van der Waals surface area contributed by atoms with Crippen molar-refractivity contribution in [3.63, 3.8) is 0 Å². The van der Waals surface area contributed by atoms with Crippen LogP contribution in [0.1, 0.15) is 36.8 Å². The molecule has 0 bridgehead atoms. The van der Waals surface area contributed by atoms with Crippen LogP contribution in [-0.2, 0) is 11.4 Å². The molecule has 0 aliphatic heterocycles. The summed E-state index contributed by atoms with van der Waals surface area (Å²) in [5, 5.41) is 12.8. The fourth-order valence-corrected chi connectivity index (χ4v) is 2.55. The minimum Gasteiger partial charge on any atom is -0.392 e. The Morgan fingerprint density at radius 2 is 2.23 bits per heavy atom. The first-order chi connectivity index (χ1) is 10.7. The lowest BCUT2D eigenvalue weighted by Gasteiger charge is -2.18. The molecule has 0 aliphatic carbocycles. The van der Waals surface area contributed by atoms with Gasteiger partial charge in [0.25, 0.3) is 0 Å². The summed E-state index contributed by atoms with van der Waals surface area (Å²) in [7, 11) is 0. The maximum Gasteiger partial charge on any atom is 0.231 e. The zero-order chi connectivity index (χ0) is 15.9. The van der Waals surface area contributed by atoms with Crippen LogP contribution in [0.3, 0.4) is 0 Å². The minimum atomic E-state index is -0.282. The second kappa shape index (κ2) is 7.92. The summed E-state index contributed by atoms with van der Waals surface area (Å²) in [4.78, 5) is 16.6. The number of hydrogen-bond acceptors (Lipinski definition) is 3. The average molecular weight is 319 g/mol. The molecule has 1 heterocycles. The van der Waals surface area contributed by atoms with Gasteiger partial charge in [-0.25, -0.2) is 0 Å². The Hall–Kier alpha value is -1.91. The van der Waals surface area contributed by atoms with E-state index in [2.05, 4.69) is 10.3 Å². The predicted octanol–water partition coefficient (Wildman–Crippen LogP) is 3.75. The van der Waals surface area contributed by atoms with Crippen molar-refractivity contribution < 1.29 is 9.90 Å². The Morgan fingerprint density at radius 1 is 1.41 bits per heavy atom. The summed E-state index contributed by atoms with van der Waals surface area (Å²) in [6, 6.07) is 9.04. The number of hydrogen-bond donors (Lipinski definition) is 2. The Morgan fingerprint density at radius 3 is 2.91 bits per heavy atom. The van der Waals surface area contributed by atoms with Crippen LogP contribution in [0, 0.1) is 0 Å². The van der Waals surface area contributed by atoms with E-state index in [0.717, 1.165) is 18.4 Å². The van der Waals surface area contributed by atoms with Crippen LogP contribution in [0.15, 0.2) is 42.7 Å². The number of carbonyl (C=O) groups is 1. The molecule has 4 nitrogen and oxygen atoms in total. The van der Waals surface area contributed by atoms with Crippen LogP contribution in [0.4, 0.5) is 5.69 Å². The lowest BCUT2D eigenvalue weighted by molar-refractivity contribution is -0.117. The zero-order valence-corrected chi connectivity index (χ0v) is 13.2. The SMILES string of the molecule is CCCC(C(=O)Nc1cnccc1CO)c1cccc(Cl)c1. The molecule has 0 saturated heterocycles. The molecule has 0 aliphatic rings. The Kier molecular flexibility index (Phi) is 5.92. The van der Waals surface area contributed by atoms with Crippen LogP contribution in [0.5, 0.6) is 0 Å². The maximum atomic E-state index is 12.6. The first-order valence-corrected chi connectivity index (χ1v) is 7.63. The highest BCUT2D eigenvalue weighted by Gasteiger charge is 2.21. The molecule has 1 unspecified atom stereocenters. The normalized spacial score (nSPS) is 12.0. The number of aliphatic hydroxyl groups excluding tert-OH is 1. The summed E-state index contributed by atoms with van der Waals surface area (Å²) in [5.41, 5.74) is 2.07. The van der Waals surface area contributed by atoms with Crippen LogP contribution >= 0.6 is 11.6 Å². The van der Waals surface area contributed by atoms with Gasteiger partial charge in [-0.15, -0.1) is 0 Å². The fourth-order valence-electron chi connectivity index (χ4n) is 2.35. The van der Waals surface area contributed by atoms with E-state index in [9.17, 15) is 9.90 Å². The molecule has 5 heteroatoms. The van der Waals surface area contributed by atoms with E-state index in [1.54, 1.807) is 24.5 Å². The van der Waals surface area contributed by atoms with Crippen molar-refractivity contribution >= 4 is 23.2 Å². The molecule has 0 saturated carbocycles. The average Bonchev–Trinajstić information content (AvgIpc) is 2.53. The summed E-state index contributed by atoms with van der Waals surface area (Å²) in [5.74, 6) is -0.401. The summed E-state index contributed by atoms with van der Waals surface area (Å²) in [6.07, 6.45) is 4.73. The van der Waals surface area contributed by atoms with Gasteiger partial charge in [0, 0.05) is 16.8 Å². The number of benzene rings is 1. The van der Waals surface area contributed by atoms with Crippen LogP contribution in [0.2, 0.25) is 5.02 Å². The van der Waals surface area contributed by atoms with Crippen molar-refractivity contribution in [2.45, 2.75) is 32.3 Å². The minimum absolute atomic E-state index is 0.119. The third-order valence-corrected chi connectivity index (χ3v) is 3.72. The van der Waals surface area contributed by atoms with Crippen molar-refractivity contribution in [1.29, 1.82) is 0 Å². The zero-order valence-electron chi connectivity index (χ0n) is 12.4. The Labute approximate surface area is 135 Å². The number of anilines is 1. The van der Waals surface area contributed by atoms with Gasteiger partial charge < -0.3 is 10.4 Å². The predicted molar refractivity (Wildman–Crippen MR) is 87.9 cm³/mol. The number of aliphatic hydroxyl groups is 1. The standard InChI is InChI=1S/C17H19ClN2O2/c1-2-4-15(12-5-3-6-14(18)9-12)17(22)20-16-10-19-8-7-13(16)11-21/h3,5-10,15,21H,2,4,11H2,1H3,(H,20,22). The first-order valence-electron chi connectivity index (χ1n) is 7.25. The highest BCUT2D eigenvalue weighted by atomic mass is 35.5. The number of nitrogens with zero attached hydrogens (tertiary/aromatic N) is 1. The molecule has 1 atom stereocenters. The van der Waals surface area contributed by atoms with Crippen LogP contribution in [0.25, 0.3) is 0 Å². The molecule has 22 heavy (non-hydrogen) atoms. The largest absolute Gasteiger partial charge is 0.392 e. The van der Waals surface area contributed by atoms with Gasteiger partial charge in [-0.2, -0.15) is 0 Å². The molecule has 116 valence electrons. The van der Waals surface area contributed by atoms with Crippen molar-refractivity contribution in [2.75, 3.05) is 5.32 Å². The molecular weight excluding hydrogens is 300 g/mol. The lowest BCUT2D eigenvalue weighted by atomic mass is 9.93. The van der Waals surface area contributed by atoms with E-state index in [1.165, 1.54) is 0 Å². The highest BCUT2D eigenvalue weighted by molar-refractivity contribution is 6.30. The second-order valence-electron chi connectivity index (χ2n) is 5.08. The van der Waals surface area contributed by atoms with E-state index in [4.69, 9.17) is 11.6 Å². The molecular formula is C17H19ClN2O2. The topological polar surface area (TPSA) is 62.2 Å². The number of amides is 1. The number of rotatable bonds is 6. The van der Waals surface area contributed by atoms with Gasteiger partial charge in [-0.05, 0) is 30.2 Å². The first kappa shape index (κ1) is 16.5. The summed E-state index contributed by atoms with van der Waals surface area (Å²) >= 11 is 6.03. The highest BCUT2D eigenvalue weighted by Crippen LogP contribution is 2.26. The third kappa shape index (κ3) is 4.06. The summed E-state index contributed by atoms with van der Waals surface area (Å²) < 4.78 is 0. The lowest BCUT2D eigenvalue weighted by Crippen LogP contribution is -2.22. The van der Waals surface area contributed by atoms with Crippen molar-refractivity contribution in [3.05, 3.63) is 58.9 Å². The number of pyridine rings is 1. The van der Waals surface area contributed by atoms with Crippen molar-refractivity contribution in [1.82, 2.24) is 4.98 Å². The number of carbonyl (C=O) groups excluding carboxylic acids is 1. The van der Waals surface area contributed by atoms with E-state index in [0.29, 0.717) is 16.3 Å². The smallest absolute Gasteiger partial charge is 0.231 e. The third-order valence-electron chi connectivity index (χ3n) is 3.48. The molecule has 2 rings (SSSR count). The van der Waals surface area contributed by atoms with Gasteiger partial charge >= 0.3 is 0 Å². The molecule has 2 N–H and O–H groups in total. The van der Waals surface area contributed by atoms with Gasteiger partial charge in [0.05, 0.1) is 24.4 Å². The van der Waals surface area contributed by atoms with Gasteiger partial charge in [0.15, 0.2) is 0 Å². The van der Waals surface area contributed by atoms with E-state index < -0.39 is 0 Å². The second-order valence-corrected chi connectivity index (χ2v) is 5.51. The van der Waals surface area contributed by atoms with Crippen LogP contribution in [-0.4, -0.2) is 16.0 Å². The molecule has 1 amide bonds. The summed E-state index contributed by atoms with van der Waals surface area (Å²) in [6.45, 7) is 1.89. The molecule has 0 spiro atoms. The van der Waals surface area contributed by atoms with E-state index in [-0.39, 0.29) is 18.4 Å². The fraction of sp³-hybridized carbons (Fsp3) is 0.294. The number of aromatic nitrogens is 1. The van der Waals surface area contributed by atoms with E-state index >= 15 is 0 Å². The molecule has 2 aromatic rings. The van der Waals surface area contributed by atoms with Crippen molar-refractivity contribution in [3.8, 4) is 0 Å². The van der Waals surface area contributed by atoms with Gasteiger partial charge in [-0.1, -0.05) is 37.1 Å². The molecule has 1 aromatic heterocycles. The van der Waals surface area contributed by atoms with Crippen LogP contribution < -0.4 is 5.32 Å².